The van der Waals surface area contributed by atoms with E-state index in [0.29, 0.717) is 40.8 Å². The van der Waals surface area contributed by atoms with Gasteiger partial charge in [-0.2, -0.15) is 4.98 Å². The molecular formula is C36H29F5N4O3. The number of alkyl halides is 3. The standard InChI is InChI=1S/C36H29F5N4O3/c1-4-26-29(37)11-8-21-12-24(46)14-27(31(21)26)33-32(38)30-18(2)35(47-19(3)20-6-5-7-25(13-20)48-36(39,40)41)44-34(28(30)15-42-33)45-16-22-9-10-23(17-45)43-22/h1,5-8,11-15,19,22-23,43,46H,9-10,16-17H2,2-3H3. The third-order valence-corrected chi connectivity index (χ3v) is 8.98. The second kappa shape index (κ2) is 11.8. The van der Waals surface area contributed by atoms with Gasteiger partial charge in [0.15, 0.2) is 5.82 Å². The fraction of sp³-hybridized carbons (Fsp3) is 0.278. The van der Waals surface area contributed by atoms with Crippen LogP contribution in [0.2, 0.25) is 0 Å². The van der Waals surface area contributed by atoms with E-state index >= 15 is 4.39 Å². The van der Waals surface area contributed by atoms with Crippen LogP contribution >= 0.6 is 0 Å². The number of anilines is 1. The van der Waals surface area contributed by atoms with Crippen molar-refractivity contribution in [1.29, 1.82) is 0 Å². The Morgan fingerprint density at radius 3 is 2.52 bits per heavy atom. The normalized spacial score (nSPS) is 18.2. The molecular weight excluding hydrogens is 631 g/mol. The zero-order chi connectivity index (χ0) is 33.9. The Morgan fingerprint density at radius 1 is 1.06 bits per heavy atom. The summed E-state index contributed by atoms with van der Waals surface area (Å²) in [6, 6.07) is 11.2. The fourth-order valence-electron chi connectivity index (χ4n) is 6.84. The van der Waals surface area contributed by atoms with E-state index in [1.54, 1.807) is 19.9 Å². The molecule has 0 amide bonds. The van der Waals surface area contributed by atoms with E-state index in [0.717, 1.165) is 12.8 Å². The van der Waals surface area contributed by atoms with Crippen molar-refractivity contribution in [2.75, 3.05) is 18.0 Å². The largest absolute Gasteiger partial charge is 0.573 e. The maximum absolute atomic E-state index is 17.0. The molecule has 7 rings (SSSR count). The number of nitrogens with zero attached hydrogens (tertiary/aromatic N) is 3. The number of pyridine rings is 2. The molecule has 0 radical (unpaired) electrons. The van der Waals surface area contributed by atoms with Crippen molar-refractivity contribution < 1.29 is 36.5 Å². The highest BCUT2D eigenvalue weighted by Gasteiger charge is 2.35. The lowest BCUT2D eigenvalue weighted by Crippen LogP contribution is -2.51. The number of aromatic nitrogens is 2. The molecule has 246 valence electrons. The minimum atomic E-state index is -4.87. The summed E-state index contributed by atoms with van der Waals surface area (Å²) in [5, 5.41) is 15.3. The number of nitrogens with one attached hydrogen (secondary N) is 1. The van der Waals surface area contributed by atoms with Crippen molar-refractivity contribution in [2.24, 2.45) is 0 Å². The summed E-state index contributed by atoms with van der Waals surface area (Å²) in [7, 11) is 0. The third-order valence-electron chi connectivity index (χ3n) is 8.98. The van der Waals surface area contributed by atoms with E-state index in [2.05, 4.69) is 25.9 Å². The second-order valence-corrected chi connectivity index (χ2v) is 12.2. The topological polar surface area (TPSA) is 79.7 Å². The molecule has 4 heterocycles. The van der Waals surface area contributed by atoms with Gasteiger partial charge in [0.2, 0.25) is 5.88 Å². The van der Waals surface area contributed by atoms with E-state index < -0.39 is 29.9 Å². The number of halogens is 5. The zero-order valence-corrected chi connectivity index (χ0v) is 25.8. The number of hydrogen-bond donors (Lipinski definition) is 2. The van der Waals surface area contributed by atoms with Gasteiger partial charge in [-0.25, -0.2) is 8.78 Å². The molecule has 3 aromatic carbocycles. The summed E-state index contributed by atoms with van der Waals surface area (Å²) >= 11 is 0. The quantitative estimate of drug-likeness (QED) is 0.143. The first-order valence-electron chi connectivity index (χ1n) is 15.3. The van der Waals surface area contributed by atoms with Gasteiger partial charge in [-0.3, -0.25) is 4.98 Å². The first-order valence-corrected chi connectivity index (χ1v) is 15.3. The molecule has 48 heavy (non-hydrogen) atoms. The Bertz CT molecular complexity index is 2120. The molecule has 2 N–H and O–H groups in total. The summed E-state index contributed by atoms with van der Waals surface area (Å²) in [4.78, 5) is 11.4. The Labute approximate surface area is 272 Å². The van der Waals surface area contributed by atoms with E-state index in [1.165, 1.54) is 48.7 Å². The van der Waals surface area contributed by atoms with Crippen molar-refractivity contribution in [3.8, 4) is 41.0 Å². The van der Waals surface area contributed by atoms with Crippen molar-refractivity contribution in [2.45, 2.75) is 51.2 Å². The molecule has 2 aliphatic heterocycles. The zero-order valence-electron chi connectivity index (χ0n) is 25.8. The lowest BCUT2D eigenvalue weighted by Gasteiger charge is -2.35. The summed E-state index contributed by atoms with van der Waals surface area (Å²) in [6.45, 7) is 4.50. The highest BCUT2D eigenvalue weighted by atomic mass is 19.4. The van der Waals surface area contributed by atoms with Crippen LogP contribution in [-0.2, 0) is 0 Å². The number of aryl methyl sites for hydroxylation is 1. The molecule has 12 heteroatoms. The van der Waals surface area contributed by atoms with Crippen LogP contribution in [-0.4, -0.2) is 46.6 Å². The predicted molar refractivity (Wildman–Crippen MR) is 171 cm³/mol. The van der Waals surface area contributed by atoms with Gasteiger partial charge in [0.1, 0.15) is 34.9 Å². The lowest BCUT2D eigenvalue weighted by atomic mass is 9.95. The molecule has 3 unspecified atom stereocenters. The number of ether oxygens (including phenoxy) is 2. The summed E-state index contributed by atoms with van der Waals surface area (Å²) < 4.78 is 81.0. The average molecular weight is 661 g/mol. The highest BCUT2D eigenvalue weighted by molar-refractivity contribution is 6.04. The Balaban J connectivity index is 1.40. The number of phenols is 1. The van der Waals surface area contributed by atoms with Crippen LogP contribution in [0.3, 0.4) is 0 Å². The summed E-state index contributed by atoms with van der Waals surface area (Å²) in [6.07, 6.45) is 3.47. The van der Waals surface area contributed by atoms with Crippen LogP contribution in [0, 0.1) is 30.9 Å². The maximum atomic E-state index is 17.0. The number of fused-ring (bicyclic) bond motifs is 4. The highest BCUT2D eigenvalue weighted by Crippen LogP contribution is 2.42. The van der Waals surface area contributed by atoms with Crippen molar-refractivity contribution in [1.82, 2.24) is 15.3 Å². The monoisotopic (exact) mass is 660 g/mol. The van der Waals surface area contributed by atoms with Crippen LogP contribution in [0.1, 0.15) is 42.6 Å². The van der Waals surface area contributed by atoms with Crippen LogP contribution in [0.15, 0.2) is 54.7 Å². The number of hydrogen-bond acceptors (Lipinski definition) is 7. The van der Waals surface area contributed by atoms with Gasteiger partial charge in [0.25, 0.3) is 0 Å². The summed E-state index contributed by atoms with van der Waals surface area (Å²) in [5.74, 6) is 0.832. The van der Waals surface area contributed by atoms with E-state index in [4.69, 9.17) is 16.1 Å². The molecule has 0 spiro atoms. The molecule has 2 bridgehead atoms. The number of aromatic hydroxyl groups is 1. The Kier molecular flexibility index (Phi) is 7.75. The second-order valence-electron chi connectivity index (χ2n) is 12.2. The van der Waals surface area contributed by atoms with Gasteiger partial charge in [0.05, 0.1) is 5.56 Å². The van der Waals surface area contributed by atoms with Crippen LogP contribution in [0.5, 0.6) is 17.4 Å². The molecule has 2 fully saturated rings. The Morgan fingerprint density at radius 2 is 1.81 bits per heavy atom. The molecule has 0 saturated carbocycles. The fourth-order valence-corrected chi connectivity index (χ4v) is 6.84. The van der Waals surface area contributed by atoms with Crippen LogP contribution < -0.4 is 19.7 Å². The number of terminal acetylenes is 1. The lowest BCUT2D eigenvalue weighted by molar-refractivity contribution is -0.274. The van der Waals surface area contributed by atoms with E-state index in [-0.39, 0.29) is 51.3 Å². The maximum Gasteiger partial charge on any atom is 0.573 e. The number of benzene rings is 3. The first kappa shape index (κ1) is 31.4. The molecule has 2 aliphatic rings. The molecule has 2 aromatic heterocycles. The van der Waals surface area contributed by atoms with Gasteiger partial charge >= 0.3 is 6.36 Å². The van der Waals surface area contributed by atoms with Crippen molar-refractivity contribution >= 4 is 27.4 Å². The smallest absolute Gasteiger partial charge is 0.508 e. The van der Waals surface area contributed by atoms with Gasteiger partial charge in [-0.1, -0.05) is 24.1 Å². The van der Waals surface area contributed by atoms with Gasteiger partial charge < -0.3 is 24.8 Å². The Hall–Kier alpha value is -5.15. The van der Waals surface area contributed by atoms with Gasteiger partial charge in [-0.15, -0.1) is 19.6 Å². The van der Waals surface area contributed by atoms with Crippen molar-refractivity contribution in [3.05, 3.63) is 83.1 Å². The van der Waals surface area contributed by atoms with Crippen LogP contribution in [0.25, 0.3) is 32.8 Å². The number of phenolic OH excluding ortho intramolecular Hbond substituents is 1. The molecule has 7 nitrogen and oxygen atoms in total. The van der Waals surface area contributed by atoms with Gasteiger partial charge in [0, 0.05) is 58.7 Å². The van der Waals surface area contributed by atoms with E-state index in [1.807, 2.05) is 0 Å². The molecule has 0 aliphatic carbocycles. The molecule has 3 atom stereocenters. The minimum absolute atomic E-state index is 0.0743. The predicted octanol–water partition coefficient (Wildman–Crippen LogP) is 7.70. The SMILES string of the molecule is C#Cc1c(F)ccc2cc(O)cc(-c3ncc4c(N5CC6CCC(C5)N6)nc(OC(C)c5cccc(OC(F)(F)F)c5)c(C)c4c3F)c12. The third kappa shape index (κ3) is 5.68. The van der Waals surface area contributed by atoms with Crippen LogP contribution in [0.4, 0.5) is 27.8 Å². The average Bonchev–Trinajstić information content (AvgIpc) is 3.38. The van der Waals surface area contributed by atoms with E-state index in [9.17, 15) is 22.7 Å². The minimum Gasteiger partial charge on any atom is -0.508 e. The van der Waals surface area contributed by atoms with Gasteiger partial charge in [-0.05, 0) is 68.0 Å². The number of rotatable bonds is 6. The summed E-state index contributed by atoms with van der Waals surface area (Å²) in [5.41, 5.74) is 0.539. The number of piperazine rings is 1. The molecule has 2 saturated heterocycles. The molecule has 5 aromatic rings. The first-order chi connectivity index (χ1) is 22.9. The van der Waals surface area contributed by atoms with Crippen molar-refractivity contribution in [3.63, 3.8) is 0 Å².